The van der Waals surface area contributed by atoms with Crippen molar-refractivity contribution in [2.45, 2.75) is 25.5 Å². The number of thioether (sulfide) groups is 1. The molecule has 3 heteroatoms. The van der Waals surface area contributed by atoms with E-state index in [2.05, 4.69) is 36.4 Å². The predicted octanol–water partition coefficient (Wildman–Crippen LogP) is 3.54. The van der Waals surface area contributed by atoms with Crippen LogP contribution in [-0.2, 0) is 11.2 Å². The standard InChI is InChI=1S/C12H15IOS/c1-9(2)15-8-12(14)7-10-3-5-11(13)6-4-10/h3-6,9H,7-8H2,1-2H3. The Morgan fingerprint density at radius 1 is 1.33 bits per heavy atom. The van der Waals surface area contributed by atoms with Crippen molar-refractivity contribution in [1.82, 2.24) is 0 Å². The Bertz CT molecular complexity index is 319. The summed E-state index contributed by atoms with van der Waals surface area (Å²) in [5.74, 6) is 0.943. The van der Waals surface area contributed by atoms with Crippen LogP contribution in [0.3, 0.4) is 0 Å². The minimum Gasteiger partial charge on any atom is -0.298 e. The normalized spacial score (nSPS) is 10.7. The highest BCUT2D eigenvalue weighted by Gasteiger charge is 2.05. The van der Waals surface area contributed by atoms with E-state index >= 15 is 0 Å². The third-order valence-corrected chi connectivity index (χ3v) is 3.77. The fraction of sp³-hybridized carbons (Fsp3) is 0.417. The summed E-state index contributed by atoms with van der Waals surface area (Å²) in [6.45, 7) is 4.23. The van der Waals surface area contributed by atoms with Gasteiger partial charge in [-0.1, -0.05) is 26.0 Å². The van der Waals surface area contributed by atoms with Crippen LogP contribution >= 0.6 is 34.4 Å². The van der Waals surface area contributed by atoms with Crippen LogP contribution in [0.15, 0.2) is 24.3 Å². The smallest absolute Gasteiger partial charge is 0.147 e. The summed E-state index contributed by atoms with van der Waals surface area (Å²) in [6.07, 6.45) is 0.566. The molecule has 0 aliphatic heterocycles. The predicted molar refractivity (Wildman–Crippen MR) is 75.5 cm³/mol. The molecule has 0 saturated heterocycles. The van der Waals surface area contributed by atoms with Gasteiger partial charge in [0, 0.05) is 9.99 Å². The van der Waals surface area contributed by atoms with Crippen LogP contribution in [0.5, 0.6) is 0 Å². The molecule has 1 aromatic carbocycles. The molecule has 1 nitrogen and oxygen atoms in total. The second-order valence-electron chi connectivity index (χ2n) is 3.70. The molecule has 0 spiro atoms. The van der Waals surface area contributed by atoms with Gasteiger partial charge in [0.15, 0.2) is 0 Å². The Hall–Kier alpha value is -0.0300. The molecule has 1 aromatic rings. The van der Waals surface area contributed by atoms with E-state index in [9.17, 15) is 4.79 Å². The third kappa shape index (κ3) is 5.56. The summed E-state index contributed by atoms with van der Waals surface area (Å²) in [5.41, 5.74) is 1.12. The third-order valence-electron chi connectivity index (χ3n) is 1.89. The Kier molecular flexibility index (Phi) is 5.68. The van der Waals surface area contributed by atoms with E-state index in [-0.39, 0.29) is 0 Å². The van der Waals surface area contributed by atoms with Gasteiger partial charge < -0.3 is 0 Å². The van der Waals surface area contributed by atoms with Gasteiger partial charge in [0.1, 0.15) is 5.78 Å². The number of ketones is 1. The largest absolute Gasteiger partial charge is 0.298 e. The molecule has 15 heavy (non-hydrogen) atoms. The van der Waals surface area contributed by atoms with Crippen molar-refractivity contribution in [3.05, 3.63) is 33.4 Å². The van der Waals surface area contributed by atoms with E-state index in [4.69, 9.17) is 0 Å². The number of carbonyl (C=O) groups excluding carboxylic acids is 1. The molecule has 0 heterocycles. The Morgan fingerprint density at radius 3 is 2.47 bits per heavy atom. The fourth-order valence-electron chi connectivity index (χ4n) is 1.14. The summed E-state index contributed by atoms with van der Waals surface area (Å²) in [6, 6.07) is 8.14. The molecule has 0 saturated carbocycles. The van der Waals surface area contributed by atoms with Crippen molar-refractivity contribution in [3.63, 3.8) is 0 Å². The van der Waals surface area contributed by atoms with Crippen molar-refractivity contribution in [1.29, 1.82) is 0 Å². The Labute approximate surface area is 109 Å². The molecule has 0 unspecified atom stereocenters. The molecular weight excluding hydrogens is 319 g/mol. The summed E-state index contributed by atoms with van der Waals surface area (Å²) in [4.78, 5) is 11.6. The number of hydrogen-bond donors (Lipinski definition) is 0. The highest BCUT2D eigenvalue weighted by atomic mass is 127. The van der Waals surface area contributed by atoms with Gasteiger partial charge in [0.25, 0.3) is 0 Å². The lowest BCUT2D eigenvalue weighted by Crippen LogP contribution is -2.07. The highest BCUT2D eigenvalue weighted by molar-refractivity contribution is 14.1. The van der Waals surface area contributed by atoms with Gasteiger partial charge in [0.2, 0.25) is 0 Å². The van der Waals surface area contributed by atoms with Crippen molar-refractivity contribution >= 4 is 40.1 Å². The molecule has 0 N–H and O–H groups in total. The number of benzene rings is 1. The van der Waals surface area contributed by atoms with Gasteiger partial charge in [-0.25, -0.2) is 0 Å². The summed E-state index contributed by atoms with van der Waals surface area (Å²) in [7, 11) is 0. The van der Waals surface area contributed by atoms with Crippen LogP contribution in [0.4, 0.5) is 0 Å². The first kappa shape index (κ1) is 13.0. The lowest BCUT2D eigenvalue weighted by Gasteiger charge is -2.04. The zero-order chi connectivity index (χ0) is 11.3. The molecule has 1 rings (SSSR count). The molecule has 0 radical (unpaired) electrons. The molecule has 0 aliphatic rings. The Balaban J connectivity index is 2.41. The van der Waals surface area contributed by atoms with E-state index in [1.54, 1.807) is 11.8 Å². The average molecular weight is 334 g/mol. The second-order valence-corrected chi connectivity index (χ2v) is 6.51. The maximum Gasteiger partial charge on any atom is 0.147 e. The van der Waals surface area contributed by atoms with Crippen LogP contribution in [-0.4, -0.2) is 16.8 Å². The van der Waals surface area contributed by atoms with Crippen molar-refractivity contribution in [2.75, 3.05) is 5.75 Å². The first-order chi connectivity index (χ1) is 7.08. The maximum absolute atomic E-state index is 11.6. The van der Waals surface area contributed by atoms with E-state index < -0.39 is 0 Å². The minimum absolute atomic E-state index is 0.315. The first-order valence-corrected chi connectivity index (χ1v) is 7.08. The molecule has 0 atom stereocenters. The van der Waals surface area contributed by atoms with Gasteiger partial charge in [0.05, 0.1) is 5.75 Å². The molecule has 0 aliphatic carbocycles. The maximum atomic E-state index is 11.6. The average Bonchev–Trinajstić information content (AvgIpc) is 2.19. The monoisotopic (exact) mass is 334 g/mol. The highest BCUT2D eigenvalue weighted by Crippen LogP contribution is 2.12. The van der Waals surface area contributed by atoms with Gasteiger partial charge in [-0.15, -0.1) is 0 Å². The molecule has 0 amide bonds. The van der Waals surface area contributed by atoms with Gasteiger partial charge in [-0.2, -0.15) is 11.8 Å². The van der Waals surface area contributed by atoms with E-state index in [1.807, 2.05) is 24.3 Å². The molecule has 0 bridgehead atoms. The first-order valence-electron chi connectivity index (χ1n) is 4.95. The van der Waals surface area contributed by atoms with Crippen molar-refractivity contribution in [2.24, 2.45) is 0 Å². The van der Waals surface area contributed by atoms with Crippen LogP contribution in [0.2, 0.25) is 0 Å². The van der Waals surface area contributed by atoms with Gasteiger partial charge in [-0.05, 0) is 45.5 Å². The topological polar surface area (TPSA) is 17.1 Å². The van der Waals surface area contributed by atoms with Gasteiger partial charge in [-0.3, -0.25) is 4.79 Å². The number of rotatable bonds is 5. The fourth-order valence-corrected chi connectivity index (χ4v) is 2.12. The van der Waals surface area contributed by atoms with Crippen LogP contribution in [0, 0.1) is 3.57 Å². The molecular formula is C12H15IOS. The zero-order valence-electron chi connectivity index (χ0n) is 9.00. The molecule has 0 aromatic heterocycles. The van der Waals surface area contributed by atoms with Crippen molar-refractivity contribution in [3.8, 4) is 0 Å². The summed E-state index contributed by atoms with van der Waals surface area (Å²) < 4.78 is 1.21. The molecule has 0 fully saturated rings. The van der Waals surface area contributed by atoms with Crippen LogP contribution in [0.1, 0.15) is 19.4 Å². The molecule has 82 valence electrons. The number of hydrogen-bond acceptors (Lipinski definition) is 2. The van der Waals surface area contributed by atoms with E-state index in [1.165, 1.54) is 3.57 Å². The van der Waals surface area contributed by atoms with E-state index in [0.29, 0.717) is 23.2 Å². The summed E-state index contributed by atoms with van der Waals surface area (Å²) in [5, 5.41) is 0.533. The lowest BCUT2D eigenvalue weighted by atomic mass is 10.1. The summed E-state index contributed by atoms with van der Waals surface area (Å²) >= 11 is 3.98. The van der Waals surface area contributed by atoms with Crippen LogP contribution < -0.4 is 0 Å². The van der Waals surface area contributed by atoms with Gasteiger partial charge >= 0.3 is 0 Å². The Morgan fingerprint density at radius 2 is 1.93 bits per heavy atom. The number of carbonyl (C=O) groups is 1. The quantitative estimate of drug-likeness (QED) is 0.766. The van der Waals surface area contributed by atoms with Crippen molar-refractivity contribution < 1.29 is 4.79 Å². The lowest BCUT2D eigenvalue weighted by molar-refractivity contribution is -0.116. The van der Waals surface area contributed by atoms with E-state index in [0.717, 1.165) is 5.56 Å². The number of halogens is 1. The van der Waals surface area contributed by atoms with Crippen LogP contribution in [0.25, 0.3) is 0 Å². The number of Topliss-reactive ketones (excluding diaryl/α,β-unsaturated/α-hetero) is 1. The second kappa shape index (κ2) is 6.53. The SMILES string of the molecule is CC(C)SCC(=O)Cc1ccc(I)cc1. The minimum atomic E-state index is 0.315. The zero-order valence-corrected chi connectivity index (χ0v) is 12.0.